The Morgan fingerprint density at radius 1 is 1.21 bits per heavy atom. The highest BCUT2D eigenvalue weighted by Crippen LogP contribution is 2.32. The van der Waals surface area contributed by atoms with Gasteiger partial charge in [-0.25, -0.2) is 0 Å². The highest BCUT2D eigenvalue weighted by Gasteiger charge is 2.17. The Labute approximate surface area is 115 Å². The number of hydrogen-bond acceptors (Lipinski definition) is 4. The first-order chi connectivity index (χ1) is 9.33. The molecule has 0 atom stereocenters. The van der Waals surface area contributed by atoms with Gasteiger partial charge in [0, 0.05) is 31.7 Å². The van der Waals surface area contributed by atoms with Crippen molar-refractivity contribution < 1.29 is 4.74 Å². The van der Waals surface area contributed by atoms with Crippen molar-refractivity contribution in [3.63, 3.8) is 0 Å². The monoisotopic (exact) mass is 261 g/mol. The van der Waals surface area contributed by atoms with Gasteiger partial charge in [0.15, 0.2) is 0 Å². The molecule has 1 aromatic rings. The van der Waals surface area contributed by atoms with Crippen molar-refractivity contribution in [2.24, 2.45) is 0 Å². The number of fused-ring (bicyclic) bond motifs is 1. The van der Waals surface area contributed by atoms with Gasteiger partial charge in [0.2, 0.25) is 0 Å². The largest absolute Gasteiger partial charge is 0.489 e. The van der Waals surface area contributed by atoms with Crippen molar-refractivity contribution in [2.75, 3.05) is 51.7 Å². The molecule has 0 bridgehead atoms. The Morgan fingerprint density at radius 3 is 3.11 bits per heavy atom. The number of ether oxygens (including phenoxy) is 1. The van der Waals surface area contributed by atoms with Crippen LogP contribution in [0.3, 0.4) is 0 Å². The summed E-state index contributed by atoms with van der Waals surface area (Å²) in [6.07, 6.45) is 1.25. The minimum absolute atomic E-state index is 0.771. The van der Waals surface area contributed by atoms with E-state index in [2.05, 4.69) is 40.4 Å². The van der Waals surface area contributed by atoms with Gasteiger partial charge in [-0.1, -0.05) is 12.1 Å². The highest BCUT2D eigenvalue weighted by molar-refractivity contribution is 5.61. The third kappa shape index (κ3) is 3.01. The fraction of sp³-hybridized carbons (Fsp3) is 0.600. The van der Waals surface area contributed by atoms with E-state index in [9.17, 15) is 0 Å². The molecule has 0 spiro atoms. The number of nitrogens with zero attached hydrogens (tertiary/aromatic N) is 2. The topological polar surface area (TPSA) is 27.7 Å². The van der Waals surface area contributed by atoms with Crippen molar-refractivity contribution in [1.29, 1.82) is 0 Å². The average molecular weight is 261 g/mol. The van der Waals surface area contributed by atoms with Gasteiger partial charge < -0.3 is 15.0 Å². The minimum Gasteiger partial charge on any atom is -0.489 e. The Hall–Kier alpha value is -1.26. The second-order valence-electron chi connectivity index (χ2n) is 5.50. The lowest BCUT2D eigenvalue weighted by molar-refractivity contribution is 0.259. The van der Waals surface area contributed by atoms with E-state index in [-0.39, 0.29) is 0 Å². The Morgan fingerprint density at radius 2 is 2.16 bits per heavy atom. The predicted molar refractivity (Wildman–Crippen MR) is 77.8 cm³/mol. The van der Waals surface area contributed by atoms with Crippen LogP contribution in [0.25, 0.3) is 0 Å². The summed E-state index contributed by atoms with van der Waals surface area (Å²) in [5, 5.41) is 3.41. The maximum Gasteiger partial charge on any atom is 0.146 e. The van der Waals surface area contributed by atoms with Crippen LogP contribution < -0.4 is 10.1 Å². The molecule has 0 aromatic heterocycles. The van der Waals surface area contributed by atoms with Gasteiger partial charge in [-0.3, -0.25) is 4.90 Å². The molecular formula is C15H23N3O. The van der Waals surface area contributed by atoms with Crippen LogP contribution in [-0.4, -0.2) is 56.2 Å². The van der Waals surface area contributed by atoms with Crippen LogP contribution in [-0.2, 0) is 6.54 Å². The maximum absolute atomic E-state index is 5.85. The number of likely N-dealkylation sites (N-methyl/N-ethyl adjacent to an activating group) is 1. The number of rotatable bonds is 2. The van der Waals surface area contributed by atoms with E-state index in [1.165, 1.54) is 25.1 Å². The van der Waals surface area contributed by atoms with E-state index in [0.717, 1.165) is 44.2 Å². The van der Waals surface area contributed by atoms with E-state index in [0.29, 0.717) is 0 Å². The van der Waals surface area contributed by atoms with E-state index in [1.807, 2.05) is 0 Å². The number of para-hydroxylation sites is 1. The van der Waals surface area contributed by atoms with E-state index < -0.39 is 0 Å². The van der Waals surface area contributed by atoms with Crippen molar-refractivity contribution in [3.8, 4) is 5.75 Å². The van der Waals surface area contributed by atoms with Crippen molar-refractivity contribution >= 4 is 5.69 Å². The molecule has 1 N–H and O–H groups in total. The lowest BCUT2D eigenvalue weighted by Gasteiger charge is -2.25. The fourth-order valence-electron chi connectivity index (χ4n) is 2.86. The standard InChI is InChI=1S/C15H23N3O/c1-17-7-3-8-18(10-9-17)12-13-4-2-5-14-15(13)19-11-6-16-14/h2,4-5,16H,3,6-12H2,1H3. The Kier molecular flexibility index (Phi) is 3.89. The van der Waals surface area contributed by atoms with E-state index in [4.69, 9.17) is 4.74 Å². The first-order valence-corrected chi connectivity index (χ1v) is 7.22. The SMILES string of the molecule is CN1CCCN(Cc2cccc3c2OCCN3)CC1. The second-order valence-corrected chi connectivity index (χ2v) is 5.50. The molecule has 4 nitrogen and oxygen atoms in total. The number of hydrogen-bond donors (Lipinski definition) is 1. The summed E-state index contributed by atoms with van der Waals surface area (Å²) in [6.45, 7) is 7.38. The fourth-order valence-corrected chi connectivity index (χ4v) is 2.86. The van der Waals surface area contributed by atoms with Crippen LogP contribution in [0.5, 0.6) is 5.75 Å². The molecule has 0 radical (unpaired) electrons. The molecule has 3 rings (SSSR count). The summed E-state index contributed by atoms with van der Waals surface area (Å²) >= 11 is 0. The van der Waals surface area contributed by atoms with Crippen LogP contribution in [0.1, 0.15) is 12.0 Å². The molecule has 0 amide bonds. The molecule has 0 aliphatic carbocycles. The highest BCUT2D eigenvalue weighted by atomic mass is 16.5. The molecule has 1 fully saturated rings. The Balaban J connectivity index is 1.72. The van der Waals surface area contributed by atoms with Gasteiger partial charge >= 0.3 is 0 Å². The summed E-state index contributed by atoms with van der Waals surface area (Å²) in [4.78, 5) is 4.95. The van der Waals surface area contributed by atoms with Crippen LogP contribution >= 0.6 is 0 Å². The molecule has 1 aromatic carbocycles. The first kappa shape index (κ1) is 12.8. The molecule has 2 aliphatic heterocycles. The van der Waals surface area contributed by atoms with Crippen molar-refractivity contribution in [3.05, 3.63) is 23.8 Å². The summed E-state index contributed by atoms with van der Waals surface area (Å²) in [5.41, 5.74) is 2.46. The maximum atomic E-state index is 5.85. The summed E-state index contributed by atoms with van der Waals surface area (Å²) in [5.74, 6) is 1.06. The smallest absolute Gasteiger partial charge is 0.146 e. The van der Waals surface area contributed by atoms with Gasteiger partial charge in [0.1, 0.15) is 12.4 Å². The van der Waals surface area contributed by atoms with Crippen LogP contribution in [0, 0.1) is 0 Å². The van der Waals surface area contributed by atoms with E-state index in [1.54, 1.807) is 0 Å². The van der Waals surface area contributed by atoms with Crippen LogP contribution in [0.4, 0.5) is 5.69 Å². The van der Waals surface area contributed by atoms with Crippen molar-refractivity contribution in [1.82, 2.24) is 9.80 Å². The van der Waals surface area contributed by atoms with Crippen LogP contribution in [0.2, 0.25) is 0 Å². The molecule has 104 valence electrons. The quantitative estimate of drug-likeness (QED) is 0.875. The normalized spacial score (nSPS) is 21.1. The molecular weight excluding hydrogens is 238 g/mol. The summed E-state index contributed by atoms with van der Waals surface area (Å²) in [6, 6.07) is 6.43. The summed E-state index contributed by atoms with van der Waals surface area (Å²) in [7, 11) is 2.21. The lowest BCUT2D eigenvalue weighted by atomic mass is 10.1. The van der Waals surface area contributed by atoms with Gasteiger partial charge in [-0.05, 0) is 32.6 Å². The van der Waals surface area contributed by atoms with Gasteiger partial charge in [-0.2, -0.15) is 0 Å². The second kappa shape index (κ2) is 5.80. The zero-order chi connectivity index (χ0) is 13.1. The lowest BCUT2D eigenvalue weighted by Crippen LogP contribution is -2.29. The zero-order valence-electron chi connectivity index (χ0n) is 11.7. The molecule has 2 aliphatic rings. The Bertz CT molecular complexity index is 435. The number of anilines is 1. The molecule has 19 heavy (non-hydrogen) atoms. The number of nitrogens with one attached hydrogen (secondary N) is 1. The average Bonchev–Trinajstić information content (AvgIpc) is 2.64. The first-order valence-electron chi connectivity index (χ1n) is 7.22. The molecule has 1 saturated heterocycles. The van der Waals surface area contributed by atoms with Crippen LogP contribution in [0.15, 0.2) is 18.2 Å². The third-order valence-electron chi connectivity index (χ3n) is 3.97. The number of benzene rings is 1. The predicted octanol–water partition coefficient (Wildman–Crippen LogP) is 1.63. The van der Waals surface area contributed by atoms with E-state index >= 15 is 0 Å². The molecule has 2 heterocycles. The zero-order valence-corrected chi connectivity index (χ0v) is 11.7. The molecule has 4 heteroatoms. The van der Waals surface area contributed by atoms with Gasteiger partial charge in [-0.15, -0.1) is 0 Å². The third-order valence-corrected chi connectivity index (χ3v) is 3.97. The van der Waals surface area contributed by atoms with Gasteiger partial charge in [0.05, 0.1) is 5.69 Å². The minimum atomic E-state index is 0.771. The molecule has 0 unspecified atom stereocenters. The van der Waals surface area contributed by atoms with Gasteiger partial charge in [0.25, 0.3) is 0 Å². The summed E-state index contributed by atoms with van der Waals surface area (Å²) < 4.78 is 5.85. The molecule has 0 saturated carbocycles. The van der Waals surface area contributed by atoms with Crippen molar-refractivity contribution in [2.45, 2.75) is 13.0 Å².